The molecular weight excluding hydrogens is 426 g/mol. The van der Waals surface area contributed by atoms with Gasteiger partial charge in [0.15, 0.2) is 0 Å². The molecule has 172 valence electrons. The molecule has 0 radical (unpaired) electrons. The summed E-state index contributed by atoms with van der Waals surface area (Å²) in [4.78, 5) is 39.5. The average Bonchev–Trinajstić information content (AvgIpc) is 3.04. The van der Waals surface area contributed by atoms with Crippen molar-refractivity contribution in [2.75, 3.05) is 15.5 Å². The second-order valence-corrected chi connectivity index (χ2v) is 9.24. The minimum atomic E-state index is -0.434. The molecule has 1 heterocycles. The zero-order chi connectivity index (χ0) is 24.5. The third-order valence-electron chi connectivity index (χ3n) is 5.61. The predicted octanol–water partition coefficient (Wildman–Crippen LogP) is 5.34. The van der Waals surface area contributed by atoms with Gasteiger partial charge in [-0.1, -0.05) is 63.2 Å². The first-order chi connectivity index (χ1) is 16.1. The van der Waals surface area contributed by atoms with E-state index in [0.29, 0.717) is 22.5 Å². The van der Waals surface area contributed by atoms with Crippen molar-refractivity contribution < 1.29 is 14.4 Å². The van der Waals surface area contributed by atoms with Crippen molar-refractivity contribution in [1.82, 2.24) is 0 Å². The number of benzene rings is 3. The quantitative estimate of drug-likeness (QED) is 0.511. The minimum Gasteiger partial charge on any atom is -0.350 e. The molecule has 0 unspecified atom stereocenters. The van der Waals surface area contributed by atoms with Gasteiger partial charge in [-0.25, -0.2) is 4.90 Å². The normalized spacial score (nSPS) is 13.9. The highest BCUT2D eigenvalue weighted by Crippen LogP contribution is 2.34. The summed E-state index contributed by atoms with van der Waals surface area (Å²) in [7, 11) is 0. The number of rotatable bonds is 5. The van der Waals surface area contributed by atoms with Gasteiger partial charge in [0.05, 0.1) is 11.3 Å². The Morgan fingerprint density at radius 2 is 1.35 bits per heavy atom. The van der Waals surface area contributed by atoms with Gasteiger partial charge < -0.3 is 10.6 Å². The van der Waals surface area contributed by atoms with Crippen LogP contribution in [0.1, 0.15) is 38.8 Å². The van der Waals surface area contributed by atoms with Crippen molar-refractivity contribution in [3.8, 4) is 0 Å². The molecule has 0 saturated carbocycles. The lowest BCUT2D eigenvalue weighted by atomic mass is 9.87. The lowest BCUT2D eigenvalue weighted by Gasteiger charge is -2.19. The average molecular weight is 454 g/mol. The lowest BCUT2D eigenvalue weighted by Crippen LogP contribution is -2.32. The maximum absolute atomic E-state index is 13.5. The van der Waals surface area contributed by atoms with Crippen LogP contribution in [0.15, 0.2) is 84.6 Å². The van der Waals surface area contributed by atoms with Gasteiger partial charge in [-0.05, 0) is 52.9 Å². The Bertz CT molecular complexity index is 1270. The molecule has 2 N–H and O–H groups in total. The third-order valence-corrected chi connectivity index (χ3v) is 5.61. The highest BCUT2D eigenvalue weighted by Gasteiger charge is 2.40. The summed E-state index contributed by atoms with van der Waals surface area (Å²) in [5.74, 6) is -1.04. The van der Waals surface area contributed by atoms with Crippen molar-refractivity contribution in [2.24, 2.45) is 0 Å². The van der Waals surface area contributed by atoms with E-state index < -0.39 is 11.8 Å². The molecule has 3 aromatic carbocycles. The summed E-state index contributed by atoms with van der Waals surface area (Å²) in [6, 6.07) is 23.6. The van der Waals surface area contributed by atoms with Crippen LogP contribution in [-0.2, 0) is 19.8 Å². The van der Waals surface area contributed by atoms with E-state index in [-0.39, 0.29) is 17.0 Å². The SMILES string of the molecule is CC(=O)Nc1ccc(N2C(=O)C(Nc3ccc(C(C)(C)C)cc3)=C(c3ccccc3)C2=O)cc1. The highest BCUT2D eigenvalue weighted by molar-refractivity contribution is 6.46. The second-order valence-electron chi connectivity index (χ2n) is 9.24. The Morgan fingerprint density at radius 1 is 0.765 bits per heavy atom. The number of nitrogens with one attached hydrogen (secondary N) is 2. The predicted molar refractivity (Wildman–Crippen MR) is 135 cm³/mol. The van der Waals surface area contributed by atoms with E-state index in [1.54, 1.807) is 24.3 Å². The van der Waals surface area contributed by atoms with Crippen LogP contribution in [0.5, 0.6) is 0 Å². The zero-order valence-corrected chi connectivity index (χ0v) is 19.7. The van der Waals surface area contributed by atoms with Gasteiger partial charge in [0.1, 0.15) is 5.70 Å². The number of imide groups is 1. The largest absolute Gasteiger partial charge is 0.350 e. The van der Waals surface area contributed by atoms with Gasteiger partial charge in [0.2, 0.25) is 5.91 Å². The van der Waals surface area contributed by atoms with Gasteiger partial charge >= 0.3 is 0 Å². The van der Waals surface area contributed by atoms with Crippen molar-refractivity contribution in [2.45, 2.75) is 33.1 Å². The molecule has 0 bridgehead atoms. The molecule has 0 atom stereocenters. The van der Waals surface area contributed by atoms with Gasteiger partial charge in [-0.3, -0.25) is 14.4 Å². The summed E-state index contributed by atoms with van der Waals surface area (Å²) in [5.41, 5.74) is 4.12. The summed E-state index contributed by atoms with van der Waals surface area (Å²) < 4.78 is 0. The Balaban J connectivity index is 1.71. The van der Waals surface area contributed by atoms with E-state index in [4.69, 9.17) is 0 Å². The molecule has 1 aliphatic rings. The van der Waals surface area contributed by atoms with Crippen LogP contribution in [-0.4, -0.2) is 17.7 Å². The van der Waals surface area contributed by atoms with E-state index in [2.05, 4.69) is 31.4 Å². The fourth-order valence-electron chi connectivity index (χ4n) is 3.85. The van der Waals surface area contributed by atoms with Crippen LogP contribution in [0, 0.1) is 0 Å². The van der Waals surface area contributed by atoms with Gasteiger partial charge in [-0.2, -0.15) is 0 Å². The van der Waals surface area contributed by atoms with Crippen LogP contribution < -0.4 is 15.5 Å². The molecule has 0 spiro atoms. The second kappa shape index (κ2) is 8.98. The molecule has 4 rings (SSSR count). The fraction of sp³-hybridized carbons (Fsp3) is 0.179. The third kappa shape index (κ3) is 4.62. The summed E-state index contributed by atoms with van der Waals surface area (Å²) in [6.45, 7) is 7.84. The van der Waals surface area contributed by atoms with Crippen LogP contribution in [0.3, 0.4) is 0 Å². The smallest absolute Gasteiger partial charge is 0.282 e. The van der Waals surface area contributed by atoms with Gasteiger partial charge in [0, 0.05) is 18.3 Å². The molecule has 3 aromatic rings. The van der Waals surface area contributed by atoms with Gasteiger partial charge in [-0.15, -0.1) is 0 Å². The zero-order valence-electron chi connectivity index (χ0n) is 19.7. The Kier molecular flexibility index (Phi) is 6.07. The lowest BCUT2D eigenvalue weighted by molar-refractivity contribution is -0.120. The molecule has 34 heavy (non-hydrogen) atoms. The first kappa shape index (κ1) is 23.0. The number of nitrogens with zero attached hydrogens (tertiary/aromatic N) is 1. The molecule has 0 saturated heterocycles. The molecule has 1 aliphatic heterocycles. The van der Waals surface area contributed by atoms with Crippen LogP contribution >= 0.6 is 0 Å². The van der Waals surface area contributed by atoms with Gasteiger partial charge in [0.25, 0.3) is 11.8 Å². The Labute approximate surface area is 199 Å². The molecule has 6 nitrogen and oxygen atoms in total. The Hall–Kier alpha value is -4.19. The summed E-state index contributed by atoms with van der Waals surface area (Å²) in [6.07, 6.45) is 0. The van der Waals surface area contributed by atoms with Crippen molar-refractivity contribution in [3.63, 3.8) is 0 Å². The molecule has 0 fully saturated rings. The van der Waals surface area contributed by atoms with Crippen molar-refractivity contribution >= 4 is 40.4 Å². The maximum atomic E-state index is 13.5. The van der Waals surface area contributed by atoms with Crippen LogP contribution in [0.4, 0.5) is 17.1 Å². The molecule has 0 aliphatic carbocycles. The van der Waals surface area contributed by atoms with Crippen molar-refractivity contribution in [3.05, 3.63) is 95.7 Å². The number of anilines is 3. The number of hydrogen-bond donors (Lipinski definition) is 2. The van der Waals surface area contributed by atoms with E-state index >= 15 is 0 Å². The standard InChI is InChI=1S/C28H27N3O3/c1-18(32)29-21-14-16-23(17-15-21)31-26(33)24(19-8-6-5-7-9-19)25(27(31)34)30-22-12-10-20(11-13-22)28(2,3)4/h5-17,30H,1-4H3,(H,29,32). The highest BCUT2D eigenvalue weighted by atomic mass is 16.2. The van der Waals surface area contributed by atoms with E-state index in [1.807, 2.05) is 54.6 Å². The Morgan fingerprint density at radius 3 is 1.91 bits per heavy atom. The van der Waals surface area contributed by atoms with E-state index in [0.717, 1.165) is 10.6 Å². The first-order valence-corrected chi connectivity index (χ1v) is 11.1. The minimum absolute atomic E-state index is 0.00630. The molecular formula is C28H27N3O3. The molecule has 6 heteroatoms. The number of hydrogen-bond acceptors (Lipinski definition) is 4. The number of carbonyl (C=O) groups is 3. The van der Waals surface area contributed by atoms with E-state index in [1.165, 1.54) is 12.5 Å². The van der Waals surface area contributed by atoms with Crippen LogP contribution in [0.2, 0.25) is 0 Å². The van der Waals surface area contributed by atoms with Crippen molar-refractivity contribution in [1.29, 1.82) is 0 Å². The topological polar surface area (TPSA) is 78.5 Å². The fourth-order valence-corrected chi connectivity index (χ4v) is 3.85. The molecule has 0 aromatic heterocycles. The summed E-state index contributed by atoms with van der Waals surface area (Å²) in [5, 5.41) is 5.88. The summed E-state index contributed by atoms with van der Waals surface area (Å²) >= 11 is 0. The molecule has 3 amide bonds. The maximum Gasteiger partial charge on any atom is 0.282 e. The number of amides is 3. The number of carbonyl (C=O) groups excluding carboxylic acids is 3. The van der Waals surface area contributed by atoms with Crippen LogP contribution in [0.25, 0.3) is 5.57 Å². The monoisotopic (exact) mass is 453 g/mol. The van der Waals surface area contributed by atoms with E-state index in [9.17, 15) is 14.4 Å². The first-order valence-electron chi connectivity index (χ1n) is 11.1.